The van der Waals surface area contributed by atoms with Gasteiger partial charge >= 0.3 is 0 Å². The minimum Gasteiger partial charge on any atom is -0.378 e. The van der Waals surface area contributed by atoms with Crippen molar-refractivity contribution in [3.8, 4) is 0 Å². The first kappa shape index (κ1) is 16.6. The molecule has 1 N–H and O–H groups in total. The molecule has 5 heteroatoms. The molecule has 1 saturated carbocycles. The van der Waals surface area contributed by atoms with Gasteiger partial charge in [0.15, 0.2) is 0 Å². The number of aryl methyl sites for hydroxylation is 2. The second kappa shape index (κ2) is 7.18. The lowest BCUT2D eigenvalue weighted by Gasteiger charge is -2.37. The molecule has 2 aromatic rings. The summed E-state index contributed by atoms with van der Waals surface area (Å²) in [7, 11) is 2.05. The normalized spacial score (nSPS) is 23.5. The average molecular weight is 340 g/mol. The molecule has 2 aliphatic rings. The van der Waals surface area contributed by atoms with Crippen LogP contribution in [-0.2, 0) is 18.3 Å². The number of hydrogen-bond donors (Lipinski definition) is 1. The number of morpholine rings is 1. The number of nitrogens with one attached hydrogen (secondary N) is 1. The summed E-state index contributed by atoms with van der Waals surface area (Å²) in [5.74, 6) is 1.97. The summed E-state index contributed by atoms with van der Waals surface area (Å²) in [5, 5.41) is 8.42. The maximum atomic E-state index is 5.50. The molecule has 25 heavy (non-hydrogen) atoms. The average Bonchev–Trinajstić information content (AvgIpc) is 2.89. The van der Waals surface area contributed by atoms with Crippen LogP contribution in [0.2, 0.25) is 0 Å². The first-order valence-corrected chi connectivity index (χ1v) is 9.36. The number of aromatic nitrogens is 2. The quantitative estimate of drug-likeness (QED) is 0.908. The summed E-state index contributed by atoms with van der Waals surface area (Å²) in [4.78, 5) is 2.41. The van der Waals surface area contributed by atoms with E-state index in [4.69, 9.17) is 4.74 Å². The van der Waals surface area contributed by atoms with Gasteiger partial charge in [-0.1, -0.05) is 30.3 Å². The lowest BCUT2D eigenvalue weighted by molar-refractivity contribution is 0.122. The van der Waals surface area contributed by atoms with E-state index in [1.807, 2.05) is 4.68 Å². The Morgan fingerprint density at radius 1 is 1.16 bits per heavy atom. The molecule has 1 aromatic heterocycles. The molecule has 0 radical (unpaired) electrons. The highest BCUT2D eigenvalue weighted by molar-refractivity contribution is 5.50. The first-order chi connectivity index (χ1) is 12.2. The Hall–Kier alpha value is -1.85. The van der Waals surface area contributed by atoms with E-state index in [9.17, 15) is 0 Å². The van der Waals surface area contributed by atoms with Gasteiger partial charge in [0.25, 0.3) is 0 Å². The van der Waals surface area contributed by atoms with E-state index in [-0.39, 0.29) is 0 Å². The fourth-order valence-corrected chi connectivity index (χ4v) is 4.10. The second-order valence-corrected chi connectivity index (χ2v) is 7.27. The zero-order valence-electron chi connectivity index (χ0n) is 15.2. The van der Waals surface area contributed by atoms with Gasteiger partial charge in [-0.15, -0.1) is 0 Å². The van der Waals surface area contributed by atoms with Crippen molar-refractivity contribution < 1.29 is 4.74 Å². The highest BCUT2D eigenvalue weighted by Gasteiger charge is 2.30. The molecule has 1 aliphatic heterocycles. The van der Waals surface area contributed by atoms with E-state index in [2.05, 4.69) is 59.6 Å². The SMILES string of the molecule is Cc1nn(C)c(N2CCOCC2)c1CNC1CC(c2ccccc2)C1. The highest BCUT2D eigenvalue weighted by atomic mass is 16.5. The minimum atomic E-state index is 0.613. The van der Waals surface area contributed by atoms with Crippen molar-refractivity contribution in [1.82, 2.24) is 15.1 Å². The van der Waals surface area contributed by atoms with Crippen LogP contribution in [0, 0.1) is 6.92 Å². The molecule has 134 valence electrons. The van der Waals surface area contributed by atoms with Crippen molar-refractivity contribution in [2.75, 3.05) is 31.2 Å². The number of hydrogen-bond acceptors (Lipinski definition) is 4. The lowest BCUT2D eigenvalue weighted by Crippen LogP contribution is -2.41. The van der Waals surface area contributed by atoms with E-state index in [1.54, 1.807) is 0 Å². The van der Waals surface area contributed by atoms with Gasteiger partial charge in [0.1, 0.15) is 5.82 Å². The van der Waals surface area contributed by atoms with Gasteiger partial charge in [-0.3, -0.25) is 4.68 Å². The van der Waals surface area contributed by atoms with Crippen molar-refractivity contribution in [2.24, 2.45) is 7.05 Å². The molecule has 1 saturated heterocycles. The number of anilines is 1. The number of rotatable bonds is 5. The van der Waals surface area contributed by atoms with E-state index in [1.165, 1.54) is 29.8 Å². The van der Waals surface area contributed by atoms with Crippen LogP contribution in [0.25, 0.3) is 0 Å². The molecule has 0 unspecified atom stereocenters. The third kappa shape index (κ3) is 3.44. The van der Waals surface area contributed by atoms with Gasteiger partial charge in [-0.2, -0.15) is 5.10 Å². The third-order valence-electron chi connectivity index (χ3n) is 5.60. The van der Waals surface area contributed by atoms with Gasteiger partial charge in [-0.05, 0) is 31.2 Å². The smallest absolute Gasteiger partial charge is 0.131 e. The number of nitrogens with zero attached hydrogens (tertiary/aromatic N) is 3. The number of ether oxygens (including phenoxy) is 1. The van der Waals surface area contributed by atoms with Crippen molar-refractivity contribution in [3.63, 3.8) is 0 Å². The van der Waals surface area contributed by atoms with Crippen molar-refractivity contribution in [2.45, 2.75) is 38.3 Å². The summed E-state index contributed by atoms with van der Waals surface area (Å²) in [6.07, 6.45) is 2.46. The monoisotopic (exact) mass is 340 g/mol. The predicted octanol–water partition coefficient (Wildman–Crippen LogP) is 2.60. The lowest BCUT2D eigenvalue weighted by atomic mass is 9.76. The van der Waals surface area contributed by atoms with Gasteiger partial charge in [0.05, 0.1) is 18.9 Å². The molecule has 0 spiro atoms. The summed E-state index contributed by atoms with van der Waals surface area (Å²) in [6, 6.07) is 11.5. The van der Waals surface area contributed by atoms with E-state index >= 15 is 0 Å². The van der Waals surface area contributed by atoms with Gasteiger partial charge in [0.2, 0.25) is 0 Å². The molecule has 2 fully saturated rings. The Bertz CT molecular complexity index is 700. The standard InChI is InChI=1S/C20H28N4O/c1-15-19(20(23(2)22-15)24-8-10-25-11-9-24)14-21-18-12-17(13-18)16-6-4-3-5-7-16/h3-7,17-18,21H,8-14H2,1-2H3. The summed E-state index contributed by atoms with van der Waals surface area (Å²) in [6.45, 7) is 6.53. The zero-order valence-corrected chi connectivity index (χ0v) is 15.2. The minimum absolute atomic E-state index is 0.613. The Morgan fingerprint density at radius 3 is 2.60 bits per heavy atom. The third-order valence-corrected chi connectivity index (χ3v) is 5.60. The summed E-state index contributed by atoms with van der Waals surface area (Å²) in [5.41, 5.74) is 3.95. The molecule has 5 nitrogen and oxygen atoms in total. The molecule has 1 aliphatic carbocycles. The Morgan fingerprint density at radius 2 is 1.88 bits per heavy atom. The molecule has 0 bridgehead atoms. The maximum absolute atomic E-state index is 5.50. The maximum Gasteiger partial charge on any atom is 0.131 e. The van der Waals surface area contributed by atoms with Crippen LogP contribution in [0.1, 0.15) is 35.6 Å². The molecule has 4 rings (SSSR count). The molecule has 2 heterocycles. The van der Waals surface area contributed by atoms with Gasteiger partial charge in [0, 0.05) is 38.3 Å². The Balaban J connectivity index is 1.37. The van der Waals surface area contributed by atoms with Crippen LogP contribution in [0.3, 0.4) is 0 Å². The topological polar surface area (TPSA) is 42.3 Å². The van der Waals surface area contributed by atoms with E-state index < -0.39 is 0 Å². The van der Waals surface area contributed by atoms with Gasteiger partial charge in [-0.25, -0.2) is 0 Å². The Labute approximate surface area is 150 Å². The fourth-order valence-electron chi connectivity index (χ4n) is 4.10. The van der Waals surface area contributed by atoms with Crippen molar-refractivity contribution in [1.29, 1.82) is 0 Å². The molecule has 1 aromatic carbocycles. The zero-order chi connectivity index (χ0) is 17.2. The van der Waals surface area contributed by atoms with Crippen LogP contribution in [0.4, 0.5) is 5.82 Å². The first-order valence-electron chi connectivity index (χ1n) is 9.36. The van der Waals surface area contributed by atoms with Crippen molar-refractivity contribution in [3.05, 3.63) is 47.2 Å². The highest BCUT2D eigenvalue weighted by Crippen LogP contribution is 2.37. The Kier molecular flexibility index (Phi) is 4.77. The number of benzene rings is 1. The largest absolute Gasteiger partial charge is 0.378 e. The predicted molar refractivity (Wildman–Crippen MR) is 100 cm³/mol. The van der Waals surface area contributed by atoms with Crippen LogP contribution >= 0.6 is 0 Å². The van der Waals surface area contributed by atoms with Crippen LogP contribution in [0.5, 0.6) is 0 Å². The van der Waals surface area contributed by atoms with Crippen LogP contribution in [-0.4, -0.2) is 42.1 Å². The van der Waals surface area contributed by atoms with E-state index in [0.717, 1.165) is 38.5 Å². The molecular formula is C20H28N4O. The fraction of sp³-hybridized carbons (Fsp3) is 0.550. The summed E-state index contributed by atoms with van der Waals surface area (Å²) < 4.78 is 7.53. The van der Waals surface area contributed by atoms with Crippen molar-refractivity contribution >= 4 is 5.82 Å². The molecule has 0 atom stereocenters. The van der Waals surface area contributed by atoms with Crippen LogP contribution < -0.4 is 10.2 Å². The summed E-state index contributed by atoms with van der Waals surface area (Å²) >= 11 is 0. The van der Waals surface area contributed by atoms with Crippen LogP contribution in [0.15, 0.2) is 30.3 Å². The molecule has 0 amide bonds. The molecular weight excluding hydrogens is 312 g/mol. The van der Waals surface area contributed by atoms with Gasteiger partial charge < -0.3 is 15.0 Å². The second-order valence-electron chi connectivity index (χ2n) is 7.27. The van der Waals surface area contributed by atoms with E-state index in [0.29, 0.717) is 12.0 Å².